The summed E-state index contributed by atoms with van der Waals surface area (Å²) in [6, 6.07) is 0. The fourth-order valence-electron chi connectivity index (χ4n) is 1.16. The predicted octanol–water partition coefficient (Wildman–Crippen LogP) is 1.64. The van der Waals surface area contributed by atoms with Gasteiger partial charge in [0.05, 0.1) is 0 Å². The summed E-state index contributed by atoms with van der Waals surface area (Å²) in [6.45, 7) is 3.87. The van der Waals surface area contributed by atoms with Crippen molar-refractivity contribution in [1.82, 2.24) is 0 Å². The minimum absolute atomic E-state index is 0.168. The Bertz CT molecular complexity index is 169. The van der Waals surface area contributed by atoms with Crippen molar-refractivity contribution in [2.24, 2.45) is 11.3 Å². The number of carboxylic acid groups (broad SMARTS) is 1. The number of carbonyl (C=O) groups is 1. The van der Waals surface area contributed by atoms with Crippen LogP contribution in [0, 0.1) is 11.3 Å². The highest BCUT2D eigenvalue weighted by Crippen LogP contribution is 2.28. The molecule has 0 spiro atoms. The molecule has 1 unspecified atom stereocenters. The van der Waals surface area contributed by atoms with E-state index in [9.17, 15) is 9.90 Å². The lowest BCUT2D eigenvalue weighted by Crippen LogP contribution is -2.35. The number of carboxylic acids is 1. The standard InChI is InChI=1S/C9H16Cl2O2/c1-9(2,6-11)5-7(3-4-10)8(12)13/h7H,3-6H2,1-2H3,(H,12,13)/p-1. The van der Waals surface area contributed by atoms with Gasteiger partial charge in [0.1, 0.15) is 0 Å². The van der Waals surface area contributed by atoms with E-state index < -0.39 is 11.9 Å². The molecule has 4 heteroatoms. The molecule has 0 radical (unpaired) electrons. The van der Waals surface area contributed by atoms with E-state index >= 15 is 0 Å². The smallest absolute Gasteiger partial charge is 0.0445 e. The monoisotopic (exact) mass is 225 g/mol. The second-order valence-corrected chi connectivity index (χ2v) is 4.64. The Hall–Kier alpha value is 0.0500. The Morgan fingerprint density at radius 3 is 2.31 bits per heavy atom. The molecule has 0 aromatic carbocycles. The molecule has 0 aromatic rings. The summed E-state index contributed by atoms with van der Waals surface area (Å²) >= 11 is 11.2. The minimum atomic E-state index is -1.03. The first-order valence-corrected chi connectivity index (χ1v) is 5.32. The van der Waals surface area contributed by atoms with Crippen LogP contribution < -0.4 is 5.11 Å². The maximum atomic E-state index is 10.7. The van der Waals surface area contributed by atoms with Crippen LogP contribution in [0.2, 0.25) is 0 Å². The van der Waals surface area contributed by atoms with Gasteiger partial charge in [0.15, 0.2) is 0 Å². The molecule has 0 aromatic heterocycles. The molecule has 0 bridgehead atoms. The first kappa shape index (κ1) is 13.1. The quantitative estimate of drug-likeness (QED) is 0.646. The molecule has 0 N–H and O–H groups in total. The fraction of sp³-hybridized carbons (Fsp3) is 0.889. The lowest BCUT2D eigenvalue weighted by molar-refractivity contribution is -0.312. The summed E-state index contributed by atoms with van der Waals surface area (Å²) in [4.78, 5) is 10.7. The highest BCUT2D eigenvalue weighted by Gasteiger charge is 2.22. The first-order valence-electron chi connectivity index (χ1n) is 4.26. The average Bonchev–Trinajstić information content (AvgIpc) is 2.03. The van der Waals surface area contributed by atoms with Gasteiger partial charge in [-0.2, -0.15) is 0 Å². The third-order valence-electron chi connectivity index (χ3n) is 1.95. The van der Waals surface area contributed by atoms with Crippen molar-refractivity contribution in [2.75, 3.05) is 11.8 Å². The number of rotatable bonds is 6. The number of halogens is 2. The summed E-state index contributed by atoms with van der Waals surface area (Å²) in [7, 11) is 0. The zero-order chi connectivity index (χ0) is 10.5. The summed E-state index contributed by atoms with van der Waals surface area (Å²) in [5, 5.41) is 10.7. The van der Waals surface area contributed by atoms with Crippen LogP contribution >= 0.6 is 23.2 Å². The molecule has 2 nitrogen and oxygen atoms in total. The van der Waals surface area contributed by atoms with Crippen molar-refractivity contribution in [2.45, 2.75) is 26.7 Å². The van der Waals surface area contributed by atoms with Crippen LogP contribution in [0.25, 0.3) is 0 Å². The maximum Gasteiger partial charge on any atom is 0.0445 e. The molecule has 0 heterocycles. The van der Waals surface area contributed by atoms with Crippen LogP contribution in [-0.4, -0.2) is 17.7 Å². The van der Waals surface area contributed by atoms with E-state index in [1.165, 1.54) is 0 Å². The predicted molar refractivity (Wildman–Crippen MR) is 53.0 cm³/mol. The van der Waals surface area contributed by atoms with Gasteiger partial charge >= 0.3 is 0 Å². The van der Waals surface area contributed by atoms with Gasteiger partial charge in [-0.3, -0.25) is 0 Å². The van der Waals surface area contributed by atoms with Gasteiger partial charge in [-0.1, -0.05) is 13.8 Å². The van der Waals surface area contributed by atoms with E-state index in [4.69, 9.17) is 23.2 Å². The Kier molecular flexibility index (Phi) is 5.73. The molecular weight excluding hydrogens is 211 g/mol. The zero-order valence-electron chi connectivity index (χ0n) is 7.98. The van der Waals surface area contributed by atoms with Crippen molar-refractivity contribution in [3.63, 3.8) is 0 Å². The molecule has 0 fully saturated rings. The van der Waals surface area contributed by atoms with Gasteiger partial charge in [0.25, 0.3) is 0 Å². The number of hydrogen-bond donors (Lipinski definition) is 0. The molecule has 13 heavy (non-hydrogen) atoms. The average molecular weight is 226 g/mol. The molecule has 0 aliphatic rings. The maximum absolute atomic E-state index is 10.7. The largest absolute Gasteiger partial charge is 0.550 e. The number of alkyl halides is 2. The fourth-order valence-corrected chi connectivity index (χ4v) is 1.53. The first-order chi connectivity index (χ1) is 5.93. The summed E-state index contributed by atoms with van der Waals surface area (Å²) < 4.78 is 0. The van der Waals surface area contributed by atoms with Crippen LogP contribution in [0.3, 0.4) is 0 Å². The van der Waals surface area contributed by atoms with Crippen LogP contribution in [0.1, 0.15) is 26.7 Å². The molecule has 78 valence electrons. The van der Waals surface area contributed by atoms with Crippen molar-refractivity contribution in [3.8, 4) is 0 Å². The zero-order valence-corrected chi connectivity index (χ0v) is 9.49. The van der Waals surface area contributed by atoms with Crippen LogP contribution in [0.15, 0.2) is 0 Å². The molecule has 0 amide bonds. The van der Waals surface area contributed by atoms with E-state index in [1.807, 2.05) is 13.8 Å². The highest BCUT2D eigenvalue weighted by molar-refractivity contribution is 6.18. The van der Waals surface area contributed by atoms with E-state index in [2.05, 4.69) is 0 Å². The second kappa shape index (κ2) is 5.71. The summed E-state index contributed by atoms with van der Waals surface area (Å²) in [6.07, 6.45) is 0.968. The van der Waals surface area contributed by atoms with Gasteiger partial charge in [-0.25, -0.2) is 0 Å². The lowest BCUT2D eigenvalue weighted by Gasteiger charge is -2.27. The summed E-state index contributed by atoms with van der Waals surface area (Å²) in [5.74, 6) is -0.721. The molecule has 0 rings (SSSR count). The Morgan fingerprint density at radius 1 is 1.46 bits per heavy atom. The van der Waals surface area contributed by atoms with E-state index in [-0.39, 0.29) is 5.41 Å². The molecule has 0 saturated carbocycles. The van der Waals surface area contributed by atoms with Gasteiger partial charge < -0.3 is 9.90 Å². The van der Waals surface area contributed by atoms with Gasteiger partial charge in [0.2, 0.25) is 0 Å². The topological polar surface area (TPSA) is 40.1 Å². The molecule has 1 atom stereocenters. The highest BCUT2D eigenvalue weighted by atomic mass is 35.5. The van der Waals surface area contributed by atoms with E-state index in [1.54, 1.807) is 0 Å². The third-order valence-corrected chi connectivity index (χ3v) is 2.89. The van der Waals surface area contributed by atoms with Crippen molar-refractivity contribution in [3.05, 3.63) is 0 Å². The van der Waals surface area contributed by atoms with Crippen LogP contribution in [0.4, 0.5) is 0 Å². The second-order valence-electron chi connectivity index (χ2n) is 4.00. The normalized spacial score (nSPS) is 14.2. The Balaban J connectivity index is 4.17. The van der Waals surface area contributed by atoms with E-state index in [0.717, 1.165) is 0 Å². The Morgan fingerprint density at radius 2 is 2.00 bits per heavy atom. The van der Waals surface area contributed by atoms with Crippen LogP contribution in [0.5, 0.6) is 0 Å². The lowest BCUT2D eigenvalue weighted by atomic mass is 9.83. The Labute approximate surface area is 89.2 Å². The molecule has 0 aliphatic carbocycles. The van der Waals surface area contributed by atoms with Crippen molar-refractivity contribution < 1.29 is 9.90 Å². The number of hydrogen-bond acceptors (Lipinski definition) is 2. The van der Waals surface area contributed by atoms with Crippen molar-refractivity contribution in [1.29, 1.82) is 0 Å². The van der Waals surface area contributed by atoms with Gasteiger partial charge in [-0.05, 0) is 18.3 Å². The third kappa shape index (κ3) is 5.37. The molecule has 0 aliphatic heterocycles. The molecule has 0 saturated heterocycles. The van der Waals surface area contributed by atoms with Crippen LogP contribution in [-0.2, 0) is 4.79 Å². The molecular formula is C9H15Cl2O2-. The summed E-state index contributed by atoms with van der Waals surface area (Å²) in [5.41, 5.74) is -0.168. The van der Waals surface area contributed by atoms with Crippen molar-refractivity contribution >= 4 is 29.2 Å². The number of carbonyl (C=O) groups excluding carboxylic acids is 1. The van der Waals surface area contributed by atoms with Gasteiger partial charge in [0, 0.05) is 23.6 Å². The number of aliphatic carboxylic acids is 1. The van der Waals surface area contributed by atoms with E-state index in [0.29, 0.717) is 24.6 Å². The van der Waals surface area contributed by atoms with Gasteiger partial charge in [-0.15, -0.1) is 23.2 Å². The SMILES string of the molecule is CC(C)(CCl)CC(CCCl)C(=O)[O-]. The minimum Gasteiger partial charge on any atom is -0.550 e.